The molecule has 56 valence electrons. The van der Waals surface area contributed by atoms with Crippen molar-refractivity contribution in [3.63, 3.8) is 0 Å². The van der Waals surface area contributed by atoms with Gasteiger partial charge in [0.1, 0.15) is 5.75 Å². The SMILES string of the molecule is C#Cc1ccc(OC)cc1Cl. The van der Waals surface area contributed by atoms with Gasteiger partial charge in [0.15, 0.2) is 0 Å². The van der Waals surface area contributed by atoms with E-state index in [1.54, 1.807) is 25.3 Å². The van der Waals surface area contributed by atoms with Crippen LogP contribution in [0.5, 0.6) is 5.75 Å². The number of benzene rings is 1. The first kappa shape index (κ1) is 7.97. The lowest BCUT2D eigenvalue weighted by Crippen LogP contribution is -1.83. The summed E-state index contributed by atoms with van der Waals surface area (Å²) in [5.74, 6) is 3.18. The fourth-order valence-electron chi connectivity index (χ4n) is 0.740. The molecule has 0 heterocycles. The molecule has 1 aromatic rings. The van der Waals surface area contributed by atoms with Crippen LogP contribution in [0, 0.1) is 12.3 Å². The average molecular weight is 167 g/mol. The van der Waals surface area contributed by atoms with Gasteiger partial charge in [-0.1, -0.05) is 17.5 Å². The Balaban J connectivity index is 3.12. The van der Waals surface area contributed by atoms with Crippen molar-refractivity contribution in [1.29, 1.82) is 0 Å². The summed E-state index contributed by atoms with van der Waals surface area (Å²) in [7, 11) is 1.58. The first-order valence-corrected chi connectivity index (χ1v) is 3.46. The standard InChI is InChI=1S/C9H7ClO/c1-3-7-4-5-8(11-2)6-9(7)10/h1,4-6H,2H3. The van der Waals surface area contributed by atoms with Crippen molar-refractivity contribution >= 4 is 11.6 Å². The van der Waals surface area contributed by atoms with E-state index in [9.17, 15) is 0 Å². The van der Waals surface area contributed by atoms with Gasteiger partial charge in [0.2, 0.25) is 0 Å². The maximum absolute atomic E-state index is 5.79. The first-order valence-electron chi connectivity index (χ1n) is 3.08. The van der Waals surface area contributed by atoms with Gasteiger partial charge in [-0.3, -0.25) is 0 Å². The second-order valence-electron chi connectivity index (χ2n) is 1.99. The predicted octanol–water partition coefficient (Wildman–Crippen LogP) is 2.33. The van der Waals surface area contributed by atoms with Crippen molar-refractivity contribution in [3.8, 4) is 18.1 Å². The minimum absolute atomic E-state index is 0.548. The van der Waals surface area contributed by atoms with Gasteiger partial charge in [-0.25, -0.2) is 0 Å². The van der Waals surface area contributed by atoms with Crippen LogP contribution in [0.3, 0.4) is 0 Å². The summed E-state index contributed by atoms with van der Waals surface area (Å²) in [6.45, 7) is 0. The average Bonchev–Trinajstić information content (AvgIpc) is 2.04. The van der Waals surface area contributed by atoms with E-state index in [-0.39, 0.29) is 0 Å². The third-order valence-electron chi connectivity index (χ3n) is 1.33. The van der Waals surface area contributed by atoms with Crippen LogP contribution >= 0.6 is 11.6 Å². The fraction of sp³-hybridized carbons (Fsp3) is 0.111. The van der Waals surface area contributed by atoms with Gasteiger partial charge in [0.25, 0.3) is 0 Å². The van der Waals surface area contributed by atoms with Crippen LogP contribution in [0.4, 0.5) is 0 Å². The topological polar surface area (TPSA) is 9.23 Å². The van der Waals surface area contributed by atoms with E-state index in [4.69, 9.17) is 22.8 Å². The van der Waals surface area contributed by atoms with E-state index >= 15 is 0 Å². The molecule has 0 aliphatic carbocycles. The Kier molecular flexibility index (Phi) is 2.40. The summed E-state index contributed by atoms with van der Waals surface area (Å²) in [5, 5.41) is 0.548. The van der Waals surface area contributed by atoms with Crippen LogP contribution in [0.15, 0.2) is 18.2 Å². The quantitative estimate of drug-likeness (QED) is 0.582. The zero-order valence-electron chi connectivity index (χ0n) is 6.10. The number of ether oxygens (including phenoxy) is 1. The summed E-state index contributed by atoms with van der Waals surface area (Å²) in [5.41, 5.74) is 0.687. The minimum atomic E-state index is 0.548. The number of hydrogen-bond donors (Lipinski definition) is 0. The normalized spacial score (nSPS) is 8.82. The zero-order valence-corrected chi connectivity index (χ0v) is 6.85. The second-order valence-corrected chi connectivity index (χ2v) is 2.40. The molecule has 0 saturated carbocycles. The Morgan fingerprint density at radius 2 is 2.27 bits per heavy atom. The van der Waals surface area contributed by atoms with Crippen LogP contribution in [0.1, 0.15) is 5.56 Å². The third kappa shape index (κ3) is 1.66. The fourth-order valence-corrected chi connectivity index (χ4v) is 0.965. The highest BCUT2D eigenvalue weighted by atomic mass is 35.5. The largest absolute Gasteiger partial charge is 0.497 e. The maximum atomic E-state index is 5.79. The van der Waals surface area contributed by atoms with E-state index in [0.29, 0.717) is 16.3 Å². The molecule has 11 heavy (non-hydrogen) atoms. The molecule has 2 heteroatoms. The molecule has 0 aliphatic rings. The highest BCUT2D eigenvalue weighted by Crippen LogP contribution is 2.21. The number of hydrogen-bond acceptors (Lipinski definition) is 1. The summed E-state index contributed by atoms with van der Waals surface area (Å²) < 4.78 is 4.94. The molecule has 0 N–H and O–H groups in total. The highest BCUT2D eigenvalue weighted by Gasteiger charge is 1.97. The lowest BCUT2D eigenvalue weighted by molar-refractivity contribution is 0.415. The maximum Gasteiger partial charge on any atom is 0.120 e. The zero-order chi connectivity index (χ0) is 8.27. The van der Waals surface area contributed by atoms with Crippen LogP contribution < -0.4 is 4.74 Å². The van der Waals surface area contributed by atoms with Crippen molar-refractivity contribution in [3.05, 3.63) is 28.8 Å². The van der Waals surface area contributed by atoms with Gasteiger partial charge in [0.05, 0.1) is 12.1 Å². The van der Waals surface area contributed by atoms with E-state index in [2.05, 4.69) is 5.92 Å². The lowest BCUT2D eigenvalue weighted by Gasteiger charge is -2.00. The lowest BCUT2D eigenvalue weighted by atomic mass is 10.2. The van der Waals surface area contributed by atoms with Gasteiger partial charge < -0.3 is 4.74 Å². The Bertz CT molecular complexity index is 299. The van der Waals surface area contributed by atoms with Gasteiger partial charge in [-0.15, -0.1) is 6.42 Å². The monoisotopic (exact) mass is 166 g/mol. The number of rotatable bonds is 1. The van der Waals surface area contributed by atoms with E-state index < -0.39 is 0 Å². The van der Waals surface area contributed by atoms with Crippen molar-refractivity contribution in [2.24, 2.45) is 0 Å². The van der Waals surface area contributed by atoms with E-state index in [1.165, 1.54) is 0 Å². The molecule has 0 amide bonds. The smallest absolute Gasteiger partial charge is 0.120 e. The molecule has 0 aromatic heterocycles. The summed E-state index contributed by atoms with van der Waals surface area (Å²) >= 11 is 5.79. The summed E-state index contributed by atoms with van der Waals surface area (Å²) in [6.07, 6.45) is 5.17. The Labute approximate surface area is 70.9 Å². The molecule has 1 aromatic carbocycles. The van der Waals surface area contributed by atoms with Crippen LogP contribution in [0.25, 0.3) is 0 Å². The van der Waals surface area contributed by atoms with Gasteiger partial charge in [-0.05, 0) is 18.2 Å². The molecule has 1 rings (SSSR count). The molecule has 0 saturated heterocycles. The molecule has 0 radical (unpaired) electrons. The van der Waals surface area contributed by atoms with E-state index in [1.807, 2.05) is 0 Å². The van der Waals surface area contributed by atoms with Crippen molar-refractivity contribution < 1.29 is 4.74 Å². The number of methoxy groups -OCH3 is 1. The van der Waals surface area contributed by atoms with Crippen molar-refractivity contribution in [2.45, 2.75) is 0 Å². The summed E-state index contributed by atoms with van der Waals surface area (Å²) in [6, 6.07) is 5.22. The van der Waals surface area contributed by atoms with E-state index in [0.717, 1.165) is 0 Å². The van der Waals surface area contributed by atoms with Crippen LogP contribution in [-0.4, -0.2) is 7.11 Å². The van der Waals surface area contributed by atoms with Crippen molar-refractivity contribution in [1.82, 2.24) is 0 Å². The molecular weight excluding hydrogens is 160 g/mol. The molecule has 0 bridgehead atoms. The number of terminal acetylenes is 1. The molecule has 1 nitrogen and oxygen atoms in total. The predicted molar refractivity (Wildman–Crippen MR) is 45.9 cm³/mol. The molecule has 0 atom stereocenters. The molecule has 0 fully saturated rings. The van der Waals surface area contributed by atoms with Crippen LogP contribution in [0.2, 0.25) is 5.02 Å². The molecule has 0 aliphatic heterocycles. The van der Waals surface area contributed by atoms with Gasteiger partial charge in [0, 0.05) is 5.56 Å². The van der Waals surface area contributed by atoms with Crippen LogP contribution in [-0.2, 0) is 0 Å². The molecular formula is C9H7ClO. The minimum Gasteiger partial charge on any atom is -0.497 e. The molecule has 0 spiro atoms. The summed E-state index contributed by atoms with van der Waals surface area (Å²) in [4.78, 5) is 0. The number of halogens is 1. The Morgan fingerprint density at radius 1 is 1.55 bits per heavy atom. The first-order chi connectivity index (χ1) is 5.27. The second kappa shape index (κ2) is 3.32. The van der Waals surface area contributed by atoms with Gasteiger partial charge >= 0.3 is 0 Å². The Morgan fingerprint density at radius 3 is 2.73 bits per heavy atom. The molecule has 0 unspecified atom stereocenters. The highest BCUT2D eigenvalue weighted by molar-refractivity contribution is 6.31. The third-order valence-corrected chi connectivity index (χ3v) is 1.64. The van der Waals surface area contributed by atoms with Crippen molar-refractivity contribution in [2.75, 3.05) is 7.11 Å². The van der Waals surface area contributed by atoms with Gasteiger partial charge in [-0.2, -0.15) is 0 Å². The Hall–Kier alpha value is -1.13.